The van der Waals surface area contributed by atoms with Crippen LogP contribution in [-0.2, 0) is 0 Å². The quantitative estimate of drug-likeness (QED) is 0.866. The van der Waals surface area contributed by atoms with Gasteiger partial charge in [-0.25, -0.2) is 0 Å². The van der Waals surface area contributed by atoms with Crippen LogP contribution < -0.4 is 0 Å². The van der Waals surface area contributed by atoms with Gasteiger partial charge in [0.2, 0.25) is 0 Å². The number of hydrogen-bond donors (Lipinski definition) is 1. The van der Waals surface area contributed by atoms with Crippen molar-refractivity contribution in [2.24, 2.45) is 0 Å². The van der Waals surface area contributed by atoms with E-state index < -0.39 is 6.10 Å². The molecule has 0 saturated carbocycles. The fraction of sp³-hybridized carbons (Fsp3) is 0.143. The molecule has 2 aromatic rings. The smallest absolute Gasteiger partial charge is 0.105 e. The number of aliphatic hydroxyl groups is 1. The molecule has 1 atom stereocenters. The van der Waals surface area contributed by atoms with E-state index in [-0.39, 0.29) is 0 Å². The Morgan fingerprint density at radius 1 is 1.06 bits per heavy atom. The van der Waals surface area contributed by atoms with Gasteiger partial charge in [-0.05, 0) is 35.7 Å². The molecule has 2 rings (SSSR count). The van der Waals surface area contributed by atoms with Crippen molar-refractivity contribution in [1.82, 2.24) is 0 Å². The maximum Gasteiger partial charge on any atom is 0.105 e. The van der Waals surface area contributed by atoms with Gasteiger partial charge in [0, 0.05) is 9.50 Å². The van der Waals surface area contributed by atoms with Crippen LogP contribution in [-0.4, -0.2) is 5.11 Å². The zero-order valence-corrected chi connectivity index (χ0v) is 11.7. The molecule has 1 N–H and O–H groups in total. The van der Waals surface area contributed by atoms with Crippen molar-refractivity contribution in [3.63, 3.8) is 0 Å². The van der Waals surface area contributed by atoms with Crippen molar-refractivity contribution < 1.29 is 5.11 Å². The normalized spacial score (nSPS) is 12.5. The van der Waals surface area contributed by atoms with E-state index in [0.29, 0.717) is 5.02 Å². The first-order valence-corrected chi connectivity index (χ1v) is 6.46. The molecule has 0 aliphatic rings. The Morgan fingerprint density at radius 3 is 2.41 bits per heavy atom. The molecular formula is C14H12BrClO. The monoisotopic (exact) mass is 310 g/mol. The van der Waals surface area contributed by atoms with E-state index in [1.165, 1.54) is 0 Å². The minimum Gasteiger partial charge on any atom is -0.384 e. The molecule has 1 nitrogen and oxygen atoms in total. The number of aliphatic hydroxyl groups excluding tert-OH is 1. The summed E-state index contributed by atoms with van der Waals surface area (Å²) >= 11 is 9.51. The molecule has 3 heteroatoms. The van der Waals surface area contributed by atoms with E-state index in [0.717, 1.165) is 21.2 Å². The summed E-state index contributed by atoms with van der Waals surface area (Å²) in [5.74, 6) is 0. The van der Waals surface area contributed by atoms with Crippen LogP contribution >= 0.6 is 27.5 Å². The predicted molar refractivity (Wildman–Crippen MR) is 74.4 cm³/mol. The first-order valence-electron chi connectivity index (χ1n) is 5.28. The Kier molecular flexibility index (Phi) is 3.87. The van der Waals surface area contributed by atoms with E-state index in [1.807, 2.05) is 49.4 Å². The van der Waals surface area contributed by atoms with Crippen molar-refractivity contribution in [2.75, 3.05) is 0 Å². The van der Waals surface area contributed by atoms with Gasteiger partial charge in [-0.1, -0.05) is 57.9 Å². The molecule has 0 bridgehead atoms. The molecule has 0 aromatic heterocycles. The van der Waals surface area contributed by atoms with Crippen molar-refractivity contribution in [3.05, 3.63) is 68.7 Å². The molecule has 0 heterocycles. The van der Waals surface area contributed by atoms with Gasteiger partial charge in [0.25, 0.3) is 0 Å². The molecule has 0 radical (unpaired) electrons. The van der Waals surface area contributed by atoms with E-state index in [2.05, 4.69) is 15.9 Å². The van der Waals surface area contributed by atoms with Gasteiger partial charge < -0.3 is 5.11 Å². The van der Waals surface area contributed by atoms with Crippen molar-refractivity contribution in [2.45, 2.75) is 13.0 Å². The summed E-state index contributed by atoms with van der Waals surface area (Å²) in [6.07, 6.45) is -0.663. The Balaban J connectivity index is 2.48. The average molecular weight is 312 g/mol. The molecular weight excluding hydrogens is 300 g/mol. The summed E-state index contributed by atoms with van der Waals surface area (Å²) in [5, 5.41) is 11.1. The minimum absolute atomic E-state index is 0.663. The van der Waals surface area contributed by atoms with Crippen molar-refractivity contribution in [3.8, 4) is 0 Å². The molecule has 0 amide bonds. The van der Waals surface area contributed by atoms with E-state index in [9.17, 15) is 5.11 Å². The highest BCUT2D eigenvalue weighted by atomic mass is 79.9. The Morgan fingerprint density at radius 2 is 1.71 bits per heavy atom. The lowest BCUT2D eigenvalue weighted by Crippen LogP contribution is -2.03. The second-order valence-electron chi connectivity index (χ2n) is 3.88. The topological polar surface area (TPSA) is 20.2 Å². The van der Waals surface area contributed by atoms with Gasteiger partial charge in [-0.3, -0.25) is 0 Å². The number of rotatable bonds is 2. The van der Waals surface area contributed by atoms with Crippen LogP contribution in [0.1, 0.15) is 22.8 Å². The molecule has 0 saturated heterocycles. The van der Waals surface area contributed by atoms with Crippen LogP contribution in [0.25, 0.3) is 0 Å². The van der Waals surface area contributed by atoms with Crippen LogP contribution in [0, 0.1) is 6.92 Å². The molecule has 17 heavy (non-hydrogen) atoms. The average Bonchev–Trinajstić information content (AvgIpc) is 2.32. The number of hydrogen-bond acceptors (Lipinski definition) is 1. The molecule has 0 fully saturated rings. The van der Waals surface area contributed by atoms with E-state index in [4.69, 9.17) is 11.6 Å². The van der Waals surface area contributed by atoms with Gasteiger partial charge in [0.15, 0.2) is 0 Å². The molecule has 0 aliphatic heterocycles. The van der Waals surface area contributed by atoms with Crippen LogP contribution in [0.4, 0.5) is 0 Å². The second-order valence-corrected chi connectivity index (χ2v) is 5.14. The van der Waals surface area contributed by atoms with Crippen molar-refractivity contribution in [1.29, 1.82) is 0 Å². The molecule has 0 aliphatic carbocycles. The lowest BCUT2D eigenvalue weighted by Gasteiger charge is -2.16. The van der Waals surface area contributed by atoms with E-state index >= 15 is 0 Å². The van der Waals surface area contributed by atoms with Crippen LogP contribution in [0.15, 0.2) is 46.9 Å². The molecule has 2 aromatic carbocycles. The highest BCUT2D eigenvalue weighted by Crippen LogP contribution is 2.32. The number of benzene rings is 2. The highest BCUT2D eigenvalue weighted by Gasteiger charge is 2.16. The Bertz CT molecular complexity index is 539. The largest absolute Gasteiger partial charge is 0.384 e. The standard InChI is InChI=1S/C14H12BrClO/c1-9-10(6-4-8-13(9)16)14(17)11-5-2-3-7-12(11)15/h2-8,14,17H,1H3/t14-/m1/s1. The fourth-order valence-electron chi connectivity index (χ4n) is 1.78. The number of halogens is 2. The summed E-state index contributed by atoms with van der Waals surface area (Å²) in [4.78, 5) is 0. The summed E-state index contributed by atoms with van der Waals surface area (Å²) in [6, 6.07) is 13.2. The van der Waals surface area contributed by atoms with Crippen LogP contribution in [0.5, 0.6) is 0 Å². The lowest BCUT2D eigenvalue weighted by atomic mass is 9.97. The SMILES string of the molecule is Cc1c(Cl)cccc1[C@@H](O)c1ccccc1Br. The van der Waals surface area contributed by atoms with Gasteiger partial charge in [0.1, 0.15) is 6.10 Å². The van der Waals surface area contributed by atoms with Gasteiger partial charge in [0.05, 0.1) is 0 Å². The summed E-state index contributed by atoms with van der Waals surface area (Å²) in [7, 11) is 0. The minimum atomic E-state index is -0.663. The van der Waals surface area contributed by atoms with Crippen LogP contribution in [0.2, 0.25) is 5.02 Å². The molecule has 0 unspecified atom stereocenters. The highest BCUT2D eigenvalue weighted by molar-refractivity contribution is 9.10. The maximum absolute atomic E-state index is 10.4. The Labute approximate surface area is 114 Å². The zero-order valence-electron chi connectivity index (χ0n) is 9.32. The third-order valence-corrected chi connectivity index (χ3v) is 3.94. The maximum atomic E-state index is 10.4. The summed E-state index contributed by atoms with van der Waals surface area (Å²) in [6.45, 7) is 1.91. The van der Waals surface area contributed by atoms with Gasteiger partial charge in [-0.15, -0.1) is 0 Å². The fourth-order valence-corrected chi connectivity index (χ4v) is 2.47. The lowest BCUT2D eigenvalue weighted by molar-refractivity contribution is 0.219. The first kappa shape index (κ1) is 12.6. The summed E-state index contributed by atoms with van der Waals surface area (Å²) in [5.41, 5.74) is 2.60. The first-order chi connectivity index (χ1) is 8.11. The third-order valence-electron chi connectivity index (χ3n) is 2.80. The van der Waals surface area contributed by atoms with Gasteiger partial charge in [-0.2, -0.15) is 0 Å². The molecule has 0 spiro atoms. The zero-order chi connectivity index (χ0) is 12.4. The van der Waals surface area contributed by atoms with Crippen molar-refractivity contribution >= 4 is 27.5 Å². The van der Waals surface area contributed by atoms with Gasteiger partial charge >= 0.3 is 0 Å². The van der Waals surface area contributed by atoms with Crippen LogP contribution in [0.3, 0.4) is 0 Å². The Hall–Kier alpha value is -0.830. The second kappa shape index (κ2) is 5.21. The summed E-state index contributed by atoms with van der Waals surface area (Å²) < 4.78 is 0.895. The van der Waals surface area contributed by atoms with E-state index in [1.54, 1.807) is 0 Å². The predicted octanol–water partition coefficient (Wildman–Crippen LogP) is 4.49. The molecule has 88 valence electrons. The third kappa shape index (κ3) is 2.54.